The number of rotatable bonds is 2. The third-order valence-corrected chi connectivity index (χ3v) is 3.44. The van der Waals surface area contributed by atoms with Gasteiger partial charge in [-0.1, -0.05) is 12.1 Å². The molecule has 1 amide bonds. The van der Waals surface area contributed by atoms with E-state index in [1.165, 1.54) is 0 Å². The predicted octanol–water partition coefficient (Wildman–Crippen LogP) is 0.695. The SMILES string of the molecule is O=C(N[C@H]1CCCNC1)[C@H]1COc2ccccc2O1. The number of benzene rings is 1. The first-order valence-electron chi connectivity index (χ1n) is 6.72. The Kier molecular flexibility index (Phi) is 3.55. The van der Waals surface area contributed by atoms with Crippen molar-refractivity contribution in [3.8, 4) is 11.5 Å². The zero-order valence-electron chi connectivity index (χ0n) is 10.7. The van der Waals surface area contributed by atoms with E-state index in [2.05, 4.69) is 10.6 Å². The van der Waals surface area contributed by atoms with Gasteiger partial charge in [0.2, 0.25) is 6.10 Å². The number of hydrogen-bond acceptors (Lipinski definition) is 4. The normalized spacial score (nSPS) is 25.7. The maximum atomic E-state index is 12.1. The second-order valence-corrected chi connectivity index (χ2v) is 4.92. The smallest absolute Gasteiger partial charge is 0.264 e. The van der Waals surface area contributed by atoms with E-state index < -0.39 is 6.10 Å². The first kappa shape index (κ1) is 12.3. The molecule has 0 saturated carbocycles. The minimum atomic E-state index is -0.558. The second kappa shape index (κ2) is 5.48. The summed E-state index contributed by atoms with van der Waals surface area (Å²) < 4.78 is 11.2. The summed E-state index contributed by atoms with van der Waals surface area (Å²) in [6, 6.07) is 7.61. The number of ether oxygens (including phenoxy) is 2. The summed E-state index contributed by atoms with van der Waals surface area (Å²) in [4.78, 5) is 12.1. The standard InChI is InChI=1S/C14H18N2O3/c17-14(16-10-4-3-7-15-8-10)13-9-18-11-5-1-2-6-12(11)19-13/h1-2,5-6,10,13,15H,3-4,7-9H2,(H,16,17)/t10-,13+/m0/s1. The Morgan fingerprint density at radius 1 is 1.32 bits per heavy atom. The van der Waals surface area contributed by atoms with Crippen LogP contribution in [-0.2, 0) is 4.79 Å². The van der Waals surface area contributed by atoms with Gasteiger partial charge in [0.1, 0.15) is 6.61 Å². The Balaban J connectivity index is 1.59. The van der Waals surface area contributed by atoms with Crippen molar-refractivity contribution in [3.63, 3.8) is 0 Å². The average Bonchev–Trinajstić information content (AvgIpc) is 2.48. The second-order valence-electron chi connectivity index (χ2n) is 4.92. The lowest BCUT2D eigenvalue weighted by Gasteiger charge is -2.29. The molecule has 1 aromatic carbocycles. The summed E-state index contributed by atoms with van der Waals surface area (Å²) in [7, 11) is 0. The van der Waals surface area contributed by atoms with E-state index in [9.17, 15) is 4.79 Å². The van der Waals surface area contributed by atoms with E-state index in [-0.39, 0.29) is 18.6 Å². The fourth-order valence-corrected chi connectivity index (χ4v) is 2.42. The monoisotopic (exact) mass is 262 g/mol. The fourth-order valence-electron chi connectivity index (χ4n) is 2.42. The first-order chi connectivity index (χ1) is 9.33. The van der Waals surface area contributed by atoms with Crippen LogP contribution in [0.2, 0.25) is 0 Å². The van der Waals surface area contributed by atoms with E-state index in [0.717, 1.165) is 25.9 Å². The number of carbonyl (C=O) groups is 1. The van der Waals surface area contributed by atoms with Gasteiger partial charge in [-0.2, -0.15) is 0 Å². The largest absolute Gasteiger partial charge is 0.485 e. The molecule has 0 bridgehead atoms. The van der Waals surface area contributed by atoms with Gasteiger partial charge in [-0.3, -0.25) is 4.79 Å². The van der Waals surface area contributed by atoms with E-state index in [4.69, 9.17) is 9.47 Å². The fraction of sp³-hybridized carbons (Fsp3) is 0.500. The van der Waals surface area contributed by atoms with Crippen molar-refractivity contribution in [2.45, 2.75) is 25.0 Å². The van der Waals surface area contributed by atoms with Crippen molar-refractivity contribution >= 4 is 5.91 Å². The number of carbonyl (C=O) groups excluding carboxylic acids is 1. The highest BCUT2D eigenvalue weighted by atomic mass is 16.6. The van der Waals surface area contributed by atoms with E-state index in [1.807, 2.05) is 24.3 Å². The highest BCUT2D eigenvalue weighted by Gasteiger charge is 2.28. The molecule has 0 spiro atoms. The molecule has 0 radical (unpaired) electrons. The molecule has 5 nitrogen and oxygen atoms in total. The van der Waals surface area contributed by atoms with Gasteiger partial charge in [0.05, 0.1) is 0 Å². The van der Waals surface area contributed by atoms with Crippen LogP contribution in [0.3, 0.4) is 0 Å². The highest BCUT2D eigenvalue weighted by Crippen LogP contribution is 2.30. The molecule has 1 aromatic rings. The number of fused-ring (bicyclic) bond motifs is 1. The summed E-state index contributed by atoms with van der Waals surface area (Å²) in [5, 5.41) is 6.28. The Hall–Kier alpha value is -1.75. The van der Waals surface area contributed by atoms with Gasteiger partial charge in [-0.25, -0.2) is 0 Å². The molecule has 2 N–H and O–H groups in total. The van der Waals surface area contributed by atoms with Crippen molar-refractivity contribution in [2.75, 3.05) is 19.7 Å². The van der Waals surface area contributed by atoms with Gasteiger partial charge in [-0.15, -0.1) is 0 Å². The van der Waals surface area contributed by atoms with Crippen LogP contribution >= 0.6 is 0 Å². The summed E-state index contributed by atoms with van der Waals surface area (Å²) in [5.41, 5.74) is 0. The van der Waals surface area contributed by atoms with Gasteiger partial charge in [-0.05, 0) is 31.5 Å². The Bertz CT molecular complexity index is 458. The van der Waals surface area contributed by atoms with Crippen molar-refractivity contribution in [3.05, 3.63) is 24.3 Å². The summed E-state index contributed by atoms with van der Waals surface area (Å²) in [6.07, 6.45) is 1.55. The maximum Gasteiger partial charge on any atom is 0.264 e. The number of piperidine rings is 1. The van der Waals surface area contributed by atoms with Gasteiger partial charge < -0.3 is 20.1 Å². The van der Waals surface area contributed by atoms with Gasteiger partial charge in [0.25, 0.3) is 5.91 Å². The van der Waals surface area contributed by atoms with Crippen molar-refractivity contribution < 1.29 is 14.3 Å². The molecule has 0 aromatic heterocycles. The first-order valence-corrected chi connectivity index (χ1v) is 6.72. The minimum Gasteiger partial charge on any atom is -0.485 e. The third-order valence-electron chi connectivity index (χ3n) is 3.44. The topological polar surface area (TPSA) is 59.6 Å². The molecule has 0 unspecified atom stereocenters. The molecule has 102 valence electrons. The molecule has 3 rings (SSSR count). The van der Waals surface area contributed by atoms with Crippen LogP contribution in [0, 0.1) is 0 Å². The predicted molar refractivity (Wildman–Crippen MR) is 70.4 cm³/mol. The van der Waals surface area contributed by atoms with E-state index >= 15 is 0 Å². The van der Waals surface area contributed by atoms with Crippen molar-refractivity contribution in [2.24, 2.45) is 0 Å². The van der Waals surface area contributed by atoms with Gasteiger partial charge >= 0.3 is 0 Å². The Morgan fingerprint density at radius 2 is 2.16 bits per heavy atom. The molecule has 2 aliphatic rings. The lowest BCUT2D eigenvalue weighted by atomic mass is 10.1. The number of amides is 1. The van der Waals surface area contributed by atoms with Crippen LogP contribution in [-0.4, -0.2) is 37.7 Å². The molecule has 5 heteroatoms. The van der Waals surface area contributed by atoms with Crippen LogP contribution < -0.4 is 20.1 Å². The minimum absolute atomic E-state index is 0.0943. The van der Waals surface area contributed by atoms with E-state index in [0.29, 0.717) is 11.5 Å². The zero-order valence-corrected chi connectivity index (χ0v) is 10.7. The molecule has 2 atom stereocenters. The number of hydrogen-bond donors (Lipinski definition) is 2. The Labute approximate surface area is 112 Å². The number of nitrogens with one attached hydrogen (secondary N) is 2. The lowest BCUT2D eigenvalue weighted by Crippen LogP contribution is -2.51. The molecule has 0 aliphatic carbocycles. The lowest BCUT2D eigenvalue weighted by molar-refractivity contribution is -0.131. The van der Waals surface area contributed by atoms with Crippen LogP contribution in [0.1, 0.15) is 12.8 Å². The highest BCUT2D eigenvalue weighted by molar-refractivity contribution is 5.82. The third kappa shape index (κ3) is 2.81. The van der Waals surface area contributed by atoms with Gasteiger partial charge in [0, 0.05) is 12.6 Å². The average molecular weight is 262 g/mol. The Morgan fingerprint density at radius 3 is 2.95 bits per heavy atom. The van der Waals surface area contributed by atoms with E-state index in [1.54, 1.807) is 0 Å². The molecule has 19 heavy (non-hydrogen) atoms. The molecular weight excluding hydrogens is 244 g/mol. The van der Waals surface area contributed by atoms with Crippen molar-refractivity contribution in [1.29, 1.82) is 0 Å². The number of para-hydroxylation sites is 2. The molecular formula is C14H18N2O3. The van der Waals surface area contributed by atoms with Crippen LogP contribution in [0.25, 0.3) is 0 Å². The van der Waals surface area contributed by atoms with Gasteiger partial charge in [0.15, 0.2) is 11.5 Å². The molecule has 1 saturated heterocycles. The molecule has 2 aliphatic heterocycles. The van der Waals surface area contributed by atoms with Crippen LogP contribution in [0.15, 0.2) is 24.3 Å². The summed E-state index contributed by atoms with van der Waals surface area (Å²) in [5.74, 6) is 1.24. The summed E-state index contributed by atoms with van der Waals surface area (Å²) >= 11 is 0. The summed E-state index contributed by atoms with van der Waals surface area (Å²) in [6.45, 7) is 2.13. The molecule has 1 fully saturated rings. The van der Waals surface area contributed by atoms with Crippen molar-refractivity contribution in [1.82, 2.24) is 10.6 Å². The zero-order chi connectivity index (χ0) is 13.1. The quantitative estimate of drug-likeness (QED) is 0.823. The molecule has 2 heterocycles. The van der Waals surface area contributed by atoms with Crippen LogP contribution in [0.5, 0.6) is 11.5 Å². The maximum absolute atomic E-state index is 12.1. The van der Waals surface area contributed by atoms with Crippen LogP contribution in [0.4, 0.5) is 0 Å².